The maximum absolute atomic E-state index is 11.7. The first kappa shape index (κ1) is 13.7. The first-order valence-corrected chi connectivity index (χ1v) is 5.51. The summed E-state index contributed by atoms with van der Waals surface area (Å²) in [5.74, 6) is 0.487. The second kappa shape index (κ2) is 6.39. The van der Waals surface area contributed by atoms with E-state index in [1.54, 1.807) is 0 Å². The maximum atomic E-state index is 11.7. The van der Waals surface area contributed by atoms with Crippen molar-refractivity contribution in [1.29, 1.82) is 0 Å². The zero-order valence-corrected chi connectivity index (χ0v) is 10.0. The molecule has 2 rings (SSSR count). The van der Waals surface area contributed by atoms with E-state index in [4.69, 9.17) is 15.2 Å². The van der Waals surface area contributed by atoms with Crippen molar-refractivity contribution < 1.29 is 14.3 Å². The van der Waals surface area contributed by atoms with Crippen LogP contribution >= 0.6 is 12.4 Å². The predicted octanol–water partition coefficient (Wildman–Crippen LogP) is -0.323. The van der Waals surface area contributed by atoms with Crippen LogP contribution in [0.2, 0.25) is 0 Å². The molecule has 0 radical (unpaired) electrons. The molecule has 3 N–H and O–H groups in total. The topological polar surface area (TPSA) is 73.6 Å². The summed E-state index contributed by atoms with van der Waals surface area (Å²) in [5, 5.41) is 2.93. The summed E-state index contributed by atoms with van der Waals surface area (Å²) in [4.78, 5) is 11.7. The Hall–Kier alpha value is -0.360. The standard InChI is InChI=1S/C10H18N2O3.ClH/c11-5-8(7-1-2-7)12-10(13)9-6-14-3-4-15-9;/h7-9H,1-6,11H2,(H,12,13);1H. The minimum atomic E-state index is -0.452. The van der Waals surface area contributed by atoms with Crippen molar-refractivity contribution in [3.8, 4) is 0 Å². The van der Waals surface area contributed by atoms with Gasteiger partial charge in [-0.2, -0.15) is 0 Å². The molecule has 2 aliphatic rings. The van der Waals surface area contributed by atoms with Crippen LogP contribution in [0.5, 0.6) is 0 Å². The van der Waals surface area contributed by atoms with Crippen molar-refractivity contribution >= 4 is 18.3 Å². The molecular formula is C10H19ClN2O3. The number of nitrogens with two attached hydrogens (primary N) is 1. The molecule has 1 amide bonds. The highest BCUT2D eigenvalue weighted by atomic mass is 35.5. The van der Waals surface area contributed by atoms with E-state index in [9.17, 15) is 4.79 Å². The third-order valence-corrected chi connectivity index (χ3v) is 2.88. The lowest BCUT2D eigenvalue weighted by Gasteiger charge is -2.24. The Labute approximate surface area is 101 Å². The van der Waals surface area contributed by atoms with E-state index < -0.39 is 6.10 Å². The molecule has 1 saturated heterocycles. The molecule has 1 aliphatic heterocycles. The Morgan fingerprint density at radius 2 is 2.19 bits per heavy atom. The molecule has 1 aliphatic carbocycles. The lowest BCUT2D eigenvalue weighted by molar-refractivity contribution is -0.148. The van der Waals surface area contributed by atoms with Gasteiger partial charge in [-0.15, -0.1) is 12.4 Å². The van der Waals surface area contributed by atoms with Crippen molar-refractivity contribution in [3.05, 3.63) is 0 Å². The van der Waals surface area contributed by atoms with E-state index in [-0.39, 0.29) is 24.4 Å². The molecule has 5 nitrogen and oxygen atoms in total. The lowest BCUT2D eigenvalue weighted by atomic mass is 10.1. The number of carbonyl (C=O) groups is 1. The summed E-state index contributed by atoms with van der Waals surface area (Å²) >= 11 is 0. The Kier molecular flexibility index (Phi) is 5.48. The summed E-state index contributed by atoms with van der Waals surface area (Å²) in [6.07, 6.45) is 1.89. The second-order valence-corrected chi connectivity index (χ2v) is 4.12. The summed E-state index contributed by atoms with van der Waals surface area (Å²) in [6, 6.07) is 0.114. The van der Waals surface area contributed by atoms with E-state index in [1.807, 2.05) is 0 Å². The number of hydrogen-bond acceptors (Lipinski definition) is 4. The van der Waals surface area contributed by atoms with E-state index in [2.05, 4.69) is 5.32 Å². The van der Waals surface area contributed by atoms with Crippen LogP contribution in [-0.4, -0.2) is 44.4 Å². The highest BCUT2D eigenvalue weighted by Gasteiger charge is 2.33. The molecule has 0 bridgehead atoms. The maximum Gasteiger partial charge on any atom is 0.251 e. The number of halogens is 1. The zero-order valence-electron chi connectivity index (χ0n) is 9.19. The number of amides is 1. The molecule has 1 heterocycles. The van der Waals surface area contributed by atoms with Gasteiger partial charge in [-0.1, -0.05) is 0 Å². The zero-order chi connectivity index (χ0) is 10.7. The molecule has 94 valence electrons. The Balaban J connectivity index is 0.00000128. The molecule has 2 fully saturated rings. The van der Waals surface area contributed by atoms with Gasteiger partial charge >= 0.3 is 0 Å². The van der Waals surface area contributed by atoms with Crippen molar-refractivity contribution in [2.24, 2.45) is 11.7 Å². The third kappa shape index (κ3) is 3.59. The number of hydrogen-bond donors (Lipinski definition) is 2. The van der Waals surface area contributed by atoms with Gasteiger partial charge in [0.15, 0.2) is 6.10 Å². The first-order chi connectivity index (χ1) is 7.31. The highest BCUT2D eigenvalue weighted by molar-refractivity contribution is 5.85. The van der Waals surface area contributed by atoms with Gasteiger partial charge in [-0.05, 0) is 18.8 Å². The third-order valence-electron chi connectivity index (χ3n) is 2.88. The smallest absolute Gasteiger partial charge is 0.251 e. The fraction of sp³-hybridized carbons (Fsp3) is 0.900. The molecule has 0 aromatic heterocycles. The molecule has 0 aromatic carbocycles. The Morgan fingerprint density at radius 3 is 2.69 bits per heavy atom. The van der Waals surface area contributed by atoms with Crippen molar-refractivity contribution in [2.75, 3.05) is 26.4 Å². The highest BCUT2D eigenvalue weighted by Crippen LogP contribution is 2.32. The Morgan fingerprint density at radius 1 is 1.44 bits per heavy atom. The molecule has 0 aromatic rings. The van der Waals surface area contributed by atoms with Crippen molar-refractivity contribution in [3.63, 3.8) is 0 Å². The summed E-state index contributed by atoms with van der Waals surface area (Å²) < 4.78 is 10.5. The van der Waals surface area contributed by atoms with Gasteiger partial charge in [0.25, 0.3) is 5.91 Å². The normalized spacial score (nSPS) is 26.7. The van der Waals surface area contributed by atoms with Crippen LogP contribution in [0.3, 0.4) is 0 Å². The largest absolute Gasteiger partial charge is 0.376 e. The monoisotopic (exact) mass is 250 g/mol. The molecule has 16 heavy (non-hydrogen) atoms. The van der Waals surface area contributed by atoms with Gasteiger partial charge in [0.05, 0.1) is 19.8 Å². The molecule has 2 atom stereocenters. The van der Waals surface area contributed by atoms with E-state index in [0.717, 1.165) is 0 Å². The van der Waals surface area contributed by atoms with Gasteiger partial charge in [0.1, 0.15) is 0 Å². The molecule has 2 unspecified atom stereocenters. The summed E-state index contributed by atoms with van der Waals surface area (Å²) in [5.41, 5.74) is 5.60. The summed E-state index contributed by atoms with van der Waals surface area (Å²) in [7, 11) is 0. The van der Waals surface area contributed by atoms with Gasteiger partial charge in [-0.3, -0.25) is 4.79 Å². The van der Waals surface area contributed by atoms with Gasteiger partial charge in [0.2, 0.25) is 0 Å². The Bertz CT molecular complexity index is 230. The second-order valence-electron chi connectivity index (χ2n) is 4.12. The lowest BCUT2D eigenvalue weighted by Crippen LogP contribution is -2.49. The predicted molar refractivity (Wildman–Crippen MR) is 61.5 cm³/mol. The van der Waals surface area contributed by atoms with Gasteiger partial charge in [-0.25, -0.2) is 0 Å². The van der Waals surface area contributed by atoms with Gasteiger partial charge < -0.3 is 20.5 Å². The van der Waals surface area contributed by atoms with Crippen LogP contribution in [0, 0.1) is 5.92 Å². The number of nitrogens with one attached hydrogen (secondary N) is 1. The fourth-order valence-corrected chi connectivity index (χ4v) is 1.78. The average Bonchev–Trinajstić information content (AvgIpc) is 3.10. The van der Waals surface area contributed by atoms with E-state index in [1.165, 1.54) is 12.8 Å². The van der Waals surface area contributed by atoms with Crippen LogP contribution in [0.15, 0.2) is 0 Å². The minimum Gasteiger partial charge on any atom is -0.376 e. The number of rotatable bonds is 4. The quantitative estimate of drug-likeness (QED) is 0.717. The van der Waals surface area contributed by atoms with Gasteiger partial charge in [0, 0.05) is 12.6 Å². The number of ether oxygens (including phenoxy) is 2. The molecular weight excluding hydrogens is 232 g/mol. The van der Waals surface area contributed by atoms with Crippen molar-refractivity contribution in [2.45, 2.75) is 25.0 Å². The van der Waals surface area contributed by atoms with Crippen LogP contribution in [0.4, 0.5) is 0 Å². The van der Waals surface area contributed by atoms with Crippen LogP contribution in [0.1, 0.15) is 12.8 Å². The van der Waals surface area contributed by atoms with Crippen molar-refractivity contribution in [1.82, 2.24) is 5.32 Å². The van der Waals surface area contributed by atoms with E-state index in [0.29, 0.717) is 32.3 Å². The molecule has 1 saturated carbocycles. The minimum absolute atomic E-state index is 0. The SMILES string of the molecule is Cl.NCC(NC(=O)C1COCCO1)C1CC1. The van der Waals surface area contributed by atoms with Crippen LogP contribution in [0.25, 0.3) is 0 Å². The first-order valence-electron chi connectivity index (χ1n) is 5.51. The summed E-state index contributed by atoms with van der Waals surface area (Å²) in [6.45, 7) is 1.93. The number of carbonyl (C=O) groups excluding carboxylic acids is 1. The molecule has 0 spiro atoms. The van der Waals surface area contributed by atoms with Crippen LogP contribution in [-0.2, 0) is 14.3 Å². The average molecular weight is 251 g/mol. The van der Waals surface area contributed by atoms with E-state index >= 15 is 0 Å². The molecule has 6 heteroatoms. The fourth-order valence-electron chi connectivity index (χ4n) is 1.78. The van der Waals surface area contributed by atoms with Crippen LogP contribution < -0.4 is 11.1 Å².